The van der Waals surface area contributed by atoms with Crippen molar-refractivity contribution in [1.82, 2.24) is 15.2 Å². The van der Waals surface area contributed by atoms with Gasteiger partial charge in [0.1, 0.15) is 0 Å². The monoisotopic (exact) mass is 247 g/mol. The van der Waals surface area contributed by atoms with Gasteiger partial charge in [0.2, 0.25) is 5.91 Å². The predicted octanol–water partition coefficient (Wildman–Crippen LogP) is 1.57. The number of pyridine rings is 1. The molecule has 1 atom stereocenters. The van der Waals surface area contributed by atoms with Gasteiger partial charge in [-0.1, -0.05) is 6.07 Å². The van der Waals surface area contributed by atoms with Gasteiger partial charge in [0.05, 0.1) is 17.8 Å². The maximum absolute atomic E-state index is 12.5. The molecule has 2 heterocycles. The number of amides is 1. The fraction of sp³-hybridized carbons (Fsp3) is 0.571. The molecule has 0 bridgehead atoms. The van der Waals surface area contributed by atoms with E-state index in [1.807, 2.05) is 36.9 Å². The summed E-state index contributed by atoms with van der Waals surface area (Å²) in [4.78, 5) is 18.8. The van der Waals surface area contributed by atoms with Gasteiger partial charge in [-0.25, -0.2) is 0 Å². The van der Waals surface area contributed by atoms with Crippen LogP contribution in [0.4, 0.5) is 0 Å². The van der Waals surface area contributed by atoms with Gasteiger partial charge in [0, 0.05) is 12.2 Å². The van der Waals surface area contributed by atoms with Gasteiger partial charge in [0.15, 0.2) is 0 Å². The van der Waals surface area contributed by atoms with Crippen molar-refractivity contribution in [2.24, 2.45) is 0 Å². The average Bonchev–Trinajstić information content (AvgIpc) is 2.43. The van der Waals surface area contributed by atoms with Crippen LogP contribution in [0.2, 0.25) is 0 Å². The van der Waals surface area contributed by atoms with Crippen LogP contribution in [-0.4, -0.2) is 33.9 Å². The van der Waals surface area contributed by atoms with Gasteiger partial charge in [-0.2, -0.15) is 0 Å². The van der Waals surface area contributed by atoms with Crippen LogP contribution >= 0.6 is 0 Å². The number of hydrogen-bond acceptors (Lipinski definition) is 3. The summed E-state index contributed by atoms with van der Waals surface area (Å²) in [7, 11) is 0. The van der Waals surface area contributed by atoms with Crippen molar-refractivity contribution in [3.05, 3.63) is 30.1 Å². The minimum atomic E-state index is -0.487. The SMILES string of the molecule is CC1CCNC(C)(C)C(=O)N1Cc1ccccn1. The smallest absolute Gasteiger partial charge is 0.242 e. The molecule has 4 nitrogen and oxygen atoms in total. The first kappa shape index (κ1) is 13.0. The van der Waals surface area contributed by atoms with Gasteiger partial charge in [-0.15, -0.1) is 0 Å². The van der Waals surface area contributed by atoms with Gasteiger partial charge in [-0.3, -0.25) is 9.78 Å². The minimum absolute atomic E-state index is 0.151. The molecule has 0 radical (unpaired) electrons. The van der Waals surface area contributed by atoms with Crippen LogP contribution in [0.5, 0.6) is 0 Å². The zero-order valence-electron chi connectivity index (χ0n) is 11.3. The number of nitrogens with one attached hydrogen (secondary N) is 1. The van der Waals surface area contributed by atoms with Gasteiger partial charge < -0.3 is 10.2 Å². The van der Waals surface area contributed by atoms with E-state index in [0.29, 0.717) is 6.54 Å². The van der Waals surface area contributed by atoms with Crippen LogP contribution in [0.15, 0.2) is 24.4 Å². The van der Waals surface area contributed by atoms with Crippen molar-refractivity contribution in [3.63, 3.8) is 0 Å². The Hall–Kier alpha value is -1.42. The summed E-state index contributed by atoms with van der Waals surface area (Å²) >= 11 is 0. The molecule has 1 aromatic heterocycles. The van der Waals surface area contributed by atoms with E-state index in [2.05, 4.69) is 17.2 Å². The molecule has 1 aliphatic heterocycles. The fourth-order valence-electron chi connectivity index (χ4n) is 2.28. The summed E-state index contributed by atoms with van der Waals surface area (Å²) < 4.78 is 0. The lowest BCUT2D eigenvalue weighted by atomic mass is 10.0. The highest BCUT2D eigenvalue weighted by molar-refractivity contribution is 5.86. The minimum Gasteiger partial charge on any atom is -0.332 e. The lowest BCUT2D eigenvalue weighted by Crippen LogP contribution is -2.52. The Balaban J connectivity index is 2.20. The van der Waals surface area contributed by atoms with E-state index in [0.717, 1.165) is 18.7 Å². The second kappa shape index (κ2) is 5.06. The summed E-state index contributed by atoms with van der Waals surface area (Å²) in [5.74, 6) is 0.151. The van der Waals surface area contributed by atoms with Crippen molar-refractivity contribution in [2.75, 3.05) is 6.54 Å². The molecule has 0 aliphatic carbocycles. The Bertz CT molecular complexity index is 416. The van der Waals surface area contributed by atoms with Crippen LogP contribution in [0.3, 0.4) is 0 Å². The first-order valence-electron chi connectivity index (χ1n) is 6.47. The largest absolute Gasteiger partial charge is 0.332 e. The summed E-state index contributed by atoms with van der Waals surface area (Å²) in [5, 5.41) is 3.31. The summed E-state index contributed by atoms with van der Waals surface area (Å²) in [6, 6.07) is 6.06. The quantitative estimate of drug-likeness (QED) is 0.863. The molecule has 1 aromatic rings. The highest BCUT2D eigenvalue weighted by atomic mass is 16.2. The first-order chi connectivity index (χ1) is 8.50. The predicted molar refractivity (Wildman–Crippen MR) is 70.9 cm³/mol. The lowest BCUT2D eigenvalue weighted by Gasteiger charge is -2.32. The number of rotatable bonds is 2. The zero-order chi connectivity index (χ0) is 13.2. The highest BCUT2D eigenvalue weighted by Crippen LogP contribution is 2.19. The topological polar surface area (TPSA) is 45.2 Å². The molecule has 0 saturated carbocycles. The molecule has 4 heteroatoms. The summed E-state index contributed by atoms with van der Waals surface area (Å²) in [6.07, 6.45) is 2.74. The molecule has 1 amide bonds. The average molecular weight is 247 g/mol. The Morgan fingerprint density at radius 3 is 2.94 bits per heavy atom. The fourth-order valence-corrected chi connectivity index (χ4v) is 2.28. The molecule has 1 N–H and O–H groups in total. The molecule has 1 aliphatic rings. The molecule has 1 unspecified atom stereocenters. The van der Waals surface area contributed by atoms with E-state index >= 15 is 0 Å². The van der Waals surface area contributed by atoms with Crippen molar-refractivity contribution in [2.45, 2.75) is 45.3 Å². The third kappa shape index (κ3) is 2.70. The standard InChI is InChI=1S/C14H21N3O/c1-11-7-9-16-14(2,3)13(18)17(11)10-12-6-4-5-8-15-12/h4-6,8,11,16H,7,9-10H2,1-3H3. The molecular weight excluding hydrogens is 226 g/mol. The number of aromatic nitrogens is 1. The Morgan fingerprint density at radius 1 is 1.50 bits per heavy atom. The molecular formula is C14H21N3O. The second-order valence-electron chi connectivity index (χ2n) is 5.44. The zero-order valence-corrected chi connectivity index (χ0v) is 11.3. The van der Waals surface area contributed by atoms with Crippen molar-refractivity contribution in [1.29, 1.82) is 0 Å². The van der Waals surface area contributed by atoms with Crippen LogP contribution in [0.1, 0.15) is 32.9 Å². The second-order valence-corrected chi connectivity index (χ2v) is 5.44. The molecule has 1 saturated heterocycles. The Morgan fingerprint density at radius 2 is 2.28 bits per heavy atom. The van der Waals surface area contributed by atoms with Crippen molar-refractivity contribution < 1.29 is 4.79 Å². The van der Waals surface area contributed by atoms with Crippen molar-refractivity contribution in [3.8, 4) is 0 Å². The normalized spacial score (nSPS) is 23.8. The van der Waals surface area contributed by atoms with Crippen LogP contribution in [0, 0.1) is 0 Å². The number of hydrogen-bond donors (Lipinski definition) is 1. The first-order valence-corrected chi connectivity index (χ1v) is 6.47. The van der Waals surface area contributed by atoms with Crippen LogP contribution < -0.4 is 5.32 Å². The van der Waals surface area contributed by atoms with Gasteiger partial charge >= 0.3 is 0 Å². The molecule has 0 spiro atoms. The van der Waals surface area contributed by atoms with E-state index in [9.17, 15) is 4.79 Å². The lowest BCUT2D eigenvalue weighted by molar-refractivity contribution is -0.138. The number of nitrogens with zero attached hydrogens (tertiary/aromatic N) is 2. The number of carbonyl (C=O) groups is 1. The molecule has 18 heavy (non-hydrogen) atoms. The van der Waals surface area contributed by atoms with E-state index in [4.69, 9.17) is 0 Å². The van der Waals surface area contributed by atoms with E-state index < -0.39 is 5.54 Å². The molecule has 2 rings (SSSR count). The van der Waals surface area contributed by atoms with Gasteiger partial charge in [-0.05, 0) is 45.9 Å². The molecule has 0 aromatic carbocycles. The Labute approximate surface area is 108 Å². The van der Waals surface area contributed by atoms with Crippen LogP contribution in [-0.2, 0) is 11.3 Å². The Kier molecular flexibility index (Phi) is 3.66. The summed E-state index contributed by atoms with van der Waals surface area (Å²) in [5.41, 5.74) is 0.454. The number of carbonyl (C=O) groups excluding carboxylic acids is 1. The highest BCUT2D eigenvalue weighted by Gasteiger charge is 2.36. The molecule has 1 fully saturated rings. The molecule has 98 valence electrons. The van der Waals surface area contributed by atoms with E-state index in [-0.39, 0.29) is 11.9 Å². The van der Waals surface area contributed by atoms with Gasteiger partial charge in [0.25, 0.3) is 0 Å². The van der Waals surface area contributed by atoms with E-state index in [1.165, 1.54) is 0 Å². The van der Waals surface area contributed by atoms with Crippen molar-refractivity contribution >= 4 is 5.91 Å². The third-order valence-corrected chi connectivity index (χ3v) is 3.52. The summed E-state index contributed by atoms with van der Waals surface area (Å²) in [6.45, 7) is 7.45. The third-order valence-electron chi connectivity index (χ3n) is 3.52. The van der Waals surface area contributed by atoms with E-state index in [1.54, 1.807) is 6.20 Å². The van der Waals surface area contributed by atoms with Crippen LogP contribution in [0.25, 0.3) is 0 Å². The maximum Gasteiger partial charge on any atom is 0.242 e. The maximum atomic E-state index is 12.5.